The van der Waals surface area contributed by atoms with E-state index >= 15 is 0 Å². The Morgan fingerprint density at radius 3 is 2.40 bits per heavy atom. The smallest absolute Gasteiger partial charge is 0.251 e. The maximum atomic E-state index is 12.9. The summed E-state index contributed by atoms with van der Waals surface area (Å²) in [5.74, 6) is 0.359. The van der Waals surface area contributed by atoms with Gasteiger partial charge in [-0.25, -0.2) is 0 Å². The van der Waals surface area contributed by atoms with Gasteiger partial charge in [-0.2, -0.15) is 0 Å². The molecule has 0 unspecified atom stereocenters. The van der Waals surface area contributed by atoms with Crippen molar-refractivity contribution in [2.24, 2.45) is 5.92 Å². The van der Waals surface area contributed by atoms with Gasteiger partial charge in [-0.15, -0.1) is 0 Å². The minimum absolute atomic E-state index is 0.0551. The van der Waals surface area contributed by atoms with Crippen LogP contribution in [-0.4, -0.2) is 23.6 Å². The van der Waals surface area contributed by atoms with Gasteiger partial charge in [0.1, 0.15) is 6.04 Å². The molecule has 1 aliphatic heterocycles. The van der Waals surface area contributed by atoms with Crippen LogP contribution in [0.2, 0.25) is 0 Å². The molecule has 1 atom stereocenters. The van der Waals surface area contributed by atoms with E-state index in [-0.39, 0.29) is 24.2 Å². The van der Waals surface area contributed by atoms with Crippen LogP contribution < -0.4 is 20.1 Å². The van der Waals surface area contributed by atoms with Crippen molar-refractivity contribution in [3.8, 4) is 11.5 Å². The summed E-state index contributed by atoms with van der Waals surface area (Å²) in [6, 6.07) is 14.3. The fraction of sp³-hybridized carbons (Fsp3) is 0.417. The lowest BCUT2D eigenvalue weighted by Crippen LogP contribution is -2.47. The van der Waals surface area contributed by atoms with Gasteiger partial charge in [0, 0.05) is 24.6 Å². The van der Waals surface area contributed by atoms with Crippen LogP contribution in [0.1, 0.15) is 45.1 Å². The van der Waals surface area contributed by atoms with Crippen LogP contribution >= 0.6 is 0 Å². The average Bonchev–Trinajstić information content (AvgIpc) is 3.32. The molecule has 6 nitrogen and oxygen atoms in total. The molecule has 0 radical (unpaired) electrons. The summed E-state index contributed by atoms with van der Waals surface area (Å²) in [5.41, 5.74) is 1.54. The zero-order chi connectivity index (χ0) is 21.1. The summed E-state index contributed by atoms with van der Waals surface area (Å²) in [5, 5.41) is 5.78. The summed E-state index contributed by atoms with van der Waals surface area (Å²) < 4.78 is 12.1. The first-order valence-electron chi connectivity index (χ1n) is 10.6. The summed E-state index contributed by atoms with van der Waals surface area (Å²) in [7, 11) is 0. The minimum atomic E-state index is -0.632. The highest BCUT2D eigenvalue weighted by Crippen LogP contribution is 2.47. The van der Waals surface area contributed by atoms with Crippen molar-refractivity contribution < 1.29 is 19.1 Å². The molecule has 4 rings (SSSR count). The number of nitrogens with one attached hydrogen (secondary N) is 2. The quantitative estimate of drug-likeness (QED) is 0.756. The maximum absolute atomic E-state index is 12.9. The standard InChI is InChI=1S/C24H28N2O4/c1-16(2)22(26-21(27)14-17-8-4-3-5-9-17)23(28)25-18-10-11-19-20(15-18)30-24(29-19)12-6-7-13-24/h3-5,8-11,15-16,22H,6-7,12-14H2,1-2H3,(H,25,28)(H,26,27)/t22-/m0/s1. The number of hydrogen-bond acceptors (Lipinski definition) is 4. The van der Waals surface area contributed by atoms with Crippen LogP contribution in [0.15, 0.2) is 48.5 Å². The monoisotopic (exact) mass is 408 g/mol. The van der Waals surface area contributed by atoms with Crippen LogP contribution in [-0.2, 0) is 16.0 Å². The molecule has 1 aliphatic carbocycles. The van der Waals surface area contributed by atoms with E-state index in [1.165, 1.54) is 0 Å². The van der Waals surface area contributed by atoms with Gasteiger partial charge in [-0.05, 0) is 36.5 Å². The zero-order valence-corrected chi connectivity index (χ0v) is 17.4. The van der Waals surface area contributed by atoms with Crippen LogP contribution in [0, 0.1) is 5.92 Å². The Kier molecular flexibility index (Phi) is 5.66. The van der Waals surface area contributed by atoms with E-state index in [2.05, 4.69) is 10.6 Å². The molecule has 2 N–H and O–H groups in total. The summed E-state index contributed by atoms with van der Waals surface area (Å²) in [4.78, 5) is 25.3. The van der Waals surface area contributed by atoms with E-state index in [1.54, 1.807) is 12.1 Å². The average molecular weight is 408 g/mol. The van der Waals surface area contributed by atoms with E-state index in [0.29, 0.717) is 17.2 Å². The first kappa shape index (κ1) is 20.3. The lowest BCUT2D eigenvalue weighted by molar-refractivity contribution is -0.127. The molecular formula is C24H28N2O4. The molecule has 0 aromatic heterocycles. The van der Waals surface area contributed by atoms with Gasteiger partial charge in [0.2, 0.25) is 11.8 Å². The first-order chi connectivity index (χ1) is 14.4. The highest BCUT2D eigenvalue weighted by atomic mass is 16.7. The Hall–Kier alpha value is -3.02. The third-order valence-electron chi connectivity index (χ3n) is 5.64. The molecular weight excluding hydrogens is 380 g/mol. The molecule has 0 saturated heterocycles. The van der Waals surface area contributed by atoms with Crippen molar-refractivity contribution in [1.29, 1.82) is 0 Å². The Bertz CT molecular complexity index is 920. The molecule has 1 heterocycles. The van der Waals surface area contributed by atoms with Gasteiger partial charge in [0.05, 0.1) is 6.42 Å². The van der Waals surface area contributed by atoms with Gasteiger partial charge in [0.25, 0.3) is 5.79 Å². The predicted molar refractivity (Wildman–Crippen MR) is 114 cm³/mol. The Morgan fingerprint density at radius 2 is 1.70 bits per heavy atom. The molecule has 1 fully saturated rings. The van der Waals surface area contributed by atoms with E-state index in [1.807, 2.05) is 50.2 Å². The molecule has 6 heteroatoms. The number of amides is 2. The van der Waals surface area contributed by atoms with Crippen molar-refractivity contribution in [2.75, 3.05) is 5.32 Å². The van der Waals surface area contributed by atoms with Crippen molar-refractivity contribution in [3.63, 3.8) is 0 Å². The summed E-state index contributed by atoms with van der Waals surface area (Å²) in [6.45, 7) is 3.83. The third-order valence-corrected chi connectivity index (χ3v) is 5.64. The number of anilines is 1. The van der Waals surface area contributed by atoms with Crippen molar-refractivity contribution in [2.45, 2.75) is 57.8 Å². The predicted octanol–water partition coefficient (Wildman–Crippen LogP) is 4.05. The number of carbonyl (C=O) groups is 2. The molecule has 2 aromatic rings. The molecule has 0 bridgehead atoms. The molecule has 1 spiro atoms. The highest BCUT2D eigenvalue weighted by Gasteiger charge is 2.44. The number of fused-ring (bicyclic) bond motifs is 1. The Balaban J connectivity index is 1.40. The number of rotatable bonds is 6. The fourth-order valence-electron chi connectivity index (χ4n) is 4.05. The normalized spacial score (nSPS) is 17.2. The zero-order valence-electron chi connectivity index (χ0n) is 17.4. The van der Waals surface area contributed by atoms with Crippen molar-refractivity contribution >= 4 is 17.5 Å². The number of hydrogen-bond donors (Lipinski definition) is 2. The molecule has 2 amide bonds. The van der Waals surface area contributed by atoms with Crippen LogP contribution in [0.4, 0.5) is 5.69 Å². The van der Waals surface area contributed by atoms with E-state index in [0.717, 1.165) is 31.2 Å². The molecule has 158 valence electrons. The van der Waals surface area contributed by atoms with Gasteiger partial charge < -0.3 is 20.1 Å². The minimum Gasteiger partial charge on any atom is -0.448 e. The highest BCUT2D eigenvalue weighted by molar-refractivity contribution is 5.97. The van der Waals surface area contributed by atoms with Crippen molar-refractivity contribution in [1.82, 2.24) is 5.32 Å². The maximum Gasteiger partial charge on any atom is 0.251 e. The van der Waals surface area contributed by atoms with Gasteiger partial charge in [0.15, 0.2) is 11.5 Å². The first-order valence-corrected chi connectivity index (χ1v) is 10.6. The lowest BCUT2D eigenvalue weighted by Gasteiger charge is -2.22. The summed E-state index contributed by atoms with van der Waals surface area (Å²) >= 11 is 0. The fourth-order valence-corrected chi connectivity index (χ4v) is 4.05. The largest absolute Gasteiger partial charge is 0.448 e. The Morgan fingerprint density at radius 1 is 1.00 bits per heavy atom. The van der Waals surface area contributed by atoms with E-state index < -0.39 is 11.8 Å². The topological polar surface area (TPSA) is 76.7 Å². The van der Waals surface area contributed by atoms with Crippen LogP contribution in [0.5, 0.6) is 11.5 Å². The number of carbonyl (C=O) groups excluding carboxylic acids is 2. The molecule has 1 saturated carbocycles. The molecule has 30 heavy (non-hydrogen) atoms. The van der Waals surface area contributed by atoms with Gasteiger partial charge in [-0.1, -0.05) is 44.2 Å². The number of benzene rings is 2. The van der Waals surface area contributed by atoms with Crippen LogP contribution in [0.25, 0.3) is 0 Å². The van der Waals surface area contributed by atoms with Crippen LogP contribution in [0.3, 0.4) is 0 Å². The number of ether oxygens (including phenoxy) is 2. The van der Waals surface area contributed by atoms with E-state index in [4.69, 9.17) is 9.47 Å². The molecule has 2 aromatic carbocycles. The second-order valence-corrected chi connectivity index (χ2v) is 8.42. The lowest BCUT2D eigenvalue weighted by atomic mass is 10.0. The summed E-state index contributed by atoms with van der Waals surface area (Å²) in [6.07, 6.45) is 4.19. The Labute approximate surface area is 177 Å². The second-order valence-electron chi connectivity index (χ2n) is 8.42. The van der Waals surface area contributed by atoms with Crippen molar-refractivity contribution in [3.05, 3.63) is 54.1 Å². The van der Waals surface area contributed by atoms with Gasteiger partial charge >= 0.3 is 0 Å². The third kappa shape index (κ3) is 4.42. The SMILES string of the molecule is CC(C)[C@H](NC(=O)Cc1ccccc1)C(=O)Nc1ccc2c(c1)OC1(CCCC1)O2. The molecule has 2 aliphatic rings. The van der Waals surface area contributed by atoms with E-state index in [9.17, 15) is 9.59 Å². The second kappa shape index (κ2) is 8.38. The van der Waals surface area contributed by atoms with Gasteiger partial charge in [-0.3, -0.25) is 9.59 Å².